The van der Waals surface area contributed by atoms with E-state index in [1.54, 1.807) is 11.3 Å². The van der Waals surface area contributed by atoms with Gasteiger partial charge in [-0.3, -0.25) is 0 Å². The predicted octanol–water partition coefficient (Wildman–Crippen LogP) is 0.388. The van der Waals surface area contributed by atoms with Gasteiger partial charge >= 0.3 is 7.12 Å². The van der Waals surface area contributed by atoms with E-state index >= 15 is 0 Å². The quantitative estimate of drug-likeness (QED) is 0.681. The van der Waals surface area contributed by atoms with Crippen molar-refractivity contribution in [2.45, 2.75) is 6.92 Å². The number of thiophene rings is 1. The van der Waals surface area contributed by atoms with E-state index in [9.17, 15) is 0 Å². The normalized spacial score (nSPS) is 19.1. The van der Waals surface area contributed by atoms with Crippen molar-refractivity contribution in [3.8, 4) is 0 Å². The lowest BCUT2D eigenvalue weighted by Gasteiger charge is -2.17. The molecule has 1 aliphatic heterocycles. The van der Waals surface area contributed by atoms with Gasteiger partial charge in [-0.15, -0.1) is 0 Å². The second-order valence-corrected chi connectivity index (χ2v) is 4.29. The van der Waals surface area contributed by atoms with Crippen LogP contribution in [0.3, 0.4) is 0 Å². The van der Waals surface area contributed by atoms with Crippen LogP contribution in [-0.4, -0.2) is 33.4 Å². The molecule has 0 bridgehead atoms. The largest absolute Gasteiger partial charge is 0.504 e. The number of aryl methyl sites for hydroxylation is 1. The highest BCUT2D eigenvalue weighted by atomic mass is 32.1. The molecule has 0 atom stereocenters. The molecule has 0 spiro atoms. The number of hydrogen-bond acceptors (Lipinski definition) is 4. The van der Waals surface area contributed by atoms with E-state index in [1.807, 2.05) is 0 Å². The molecule has 2 rings (SSSR count). The molecule has 1 fully saturated rings. The first-order valence-corrected chi connectivity index (χ1v) is 5.73. The van der Waals surface area contributed by atoms with Crippen molar-refractivity contribution in [2.75, 3.05) is 26.3 Å². The van der Waals surface area contributed by atoms with Gasteiger partial charge in [0.2, 0.25) is 0 Å². The molecule has 3 nitrogen and oxygen atoms in total. The number of rotatable bonds is 1. The molecule has 0 amide bonds. The first-order chi connectivity index (χ1) is 6.86. The van der Waals surface area contributed by atoms with Crippen molar-refractivity contribution in [2.24, 2.45) is 0 Å². The Morgan fingerprint density at radius 1 is 1.36 bits per heavy atom. The highest BCUT2D eigenvalue weighted by molar-refractivity contribution is 7.20. The fraction of sp³-hybridized carbons (Fsp3) is 0.556. The van der Waals surface area contributed by atoms with Crippen LogP contribution in [0.25, 0.3) is 0 Å². The van der Waals surface area contributed by atoms with Crippen LogP contribution in [0.4, 0.5) is 0 Å². The molecule has 0 aliphatic carbocycles. The Hall–Kier alpha value is -0.355. The molecule has 1 N–H and O–H groups in total. The summed E-state index contributed by atoms with van der Waals surface area (Å²) in [6, 6.07) is 2.13. The Morgan fingerprint density at radius 2 is 2.07 bits per heavy atom. The summed E-state index contributed by atoms with van der Waals surface area (Å²) in [6.45, 7) is 5.32. The van der Waals surface area contributed by atoms with E-state index in [2.05, 4.69) is 23.7 Å². The van der Waals surface area contributed by atoms with Crippen molar-refractivity contribution in [1.82, 2.24) is 5.32 Å². The summed E-state index contributed by atoms with van der Waals surface area (Å²) < 4.78 is 12.4. The fourth-order valence-corrected chi connectivity index (χ4v) is 2.28. The molecule has 1 saturated heterocycles. The minimum absolute atomic E-state index is 0.157. The SMILES string of the molecule is Cc1csc(B2OCCNCCO2)c1. The summed E-state index contributed by atoms with van der Waals surface area (Å²) >= 11 is 1.70. The standard InChI is InChI=1S/C9H14BNO2S/c1-8-6-9(14-7-8)10-12-4-2-11-3-5-13-10/h6-7,11H,2-5H2,1H3. The third-order valence-electron chi connectivity index (χ3n) is 2.08. The lowest BCUT2D eigenvalue weighted by atomic mass is 9.87. The van der Waals surface area contributed by atoms with Crippen molar-refractivity contribution in [1.29, 1.82) is 0 Å². The molecule has 5 heteroatoms. The van der Waals surface area contributed by atoms with Gasteiger partial charge in [-0.1, -0.05) is 0 Å². The zero-order valence-electron chi connectivity index (χ0n) is 8.29. The van der Waals surface area contributed by atoms with E-state index in [0.29, 0.717) is 13.2 Å². The third-order valence-corrected chi connectivity index (χ3v) is 3.15. The van der Waals surface area contributed by atoms with Crippen LogP contribution in [0.2, 0.25) is 0 Å². The monoisotopic (exact) mass is 211 g/mol. The van der Waals surface area contributed by atoms with Crippen molar-refractivity contribution in [3.05, 3.63) is 17.0 Å². The van der Waals surface area contributed by atoms with Crippen LogP contribution >= 0.6 is 11.3 Å². The van der Waals surface area contributed by atoms with Crippen molar-refractivity contribution < 1.29 is 9.31 Å². The highest BCUT2D eigenvalue weighted by Crippen LogP contribution is 2.05. The lowest BCUT2D eigenvalue weighted by Crippen LogP contribution is -2.41. The third kappa shape index (κ3) is 2.57. The Kier molecular flexibility index (Phi) is 3.58. The zero-order valence-corrected chi connectivity index (χ0v) is 9.10. The Labute approximate surface area is 88.6 Å². The molecule has 1 aliphatic rings. The van der Waals surface area contributed by atoms with Gasteiger partial charge in [-0.2, -0.15) is 11.3 Å². The summed E-state index contributed by atoms with van der Waals surface area (Å²) in [7, 11) is -0.157. The van der Waals surface area contributed by atoms with Crippen LogP contribution < -0.4 is 10.1 Å². The zero-order chi connectivity index (χ0) is 9.80. The molecular weight excluding hydrogens is 197 g/mol. The molecule has 0 unspecified atom stereocenters. The summed E-state index contributed by atoms with van der Waals surface area (Å²) in [6.07, 6.45) is 0. The minimum Gasteiger partial charge on any atom is -0.405 e. The maximum Gasteiger partial charge on any atom is 0.504 e. The van der Waals surface area contributed by atoms with Crippen LogP contribution in [0.1, 0.15) is 5.56 Å². The first-order valence-electron chi connectivity index (χ1n) is 4.85. The molecule has 0 saturated carbocycles. The minimum atomic E-state index is -0.157. The predicted molar refractivity (Wildman–Crippen MR) is 59.2 cm³/mol. The molecule has 1 aromatic rings. The molecule has 0 aromatic carbocycles. The summed E-state index contributed by atoms with van der Waals surface area (Å²) in [4.78, 5) is 0. The average molecular weight is 211 g/mol. The molecule has 2 heterocycles. The van der Waals surface area contributed by atoms with Crippen molar-refractivity contribution in [3.63, 3.8) is 0 Å². The van der Waals surface area contributed by atoms with Crippen LogP contribution in [0, 0.1) is 6.92 Å². The number of hydrogen-bond donors (Lipinski definition) is 1. The average Bonchev–Trinajstić information content (AvgIpc) is 2.51. The van der Waals surface area contributed by atoms with Gasteiger partial charge in [-0.25, -0.2) is 0 Å². The summed E-state index contributed by atoms with van der Waals surface area (Å²) in [5.74, 6) is 0. The lowest BCUT2D eigenvalue weighted by molar-refractivity contribution is 0.188. The van der Waals surface area contributed by atoms with Crippen molar-refractivity contribution >= 4 is 23.2 Å². The Balaban J connectivity index is 2.00. The molecule has 0 radical (unpaired) electrons. The van der Waals surface area contributed by atoms with Gasteiger partial charge in [0.1, 0.15) is 0 Å². The fourth-order valence-electron chi connectivity index (χ4n) is 1.39. The van der Waals surface area contributed by atoms with Gasteiger partial charge in [0.15, 0.2) is 0 Å². The van der Waals surface area contributed by atoms with Crippen LogP contribution in [0.5, 0.6) is 0 Å². The van der Waals surface area contributed by atoms with E-state index < -0.39 is 0 Å². The maximum absolute atomic E-state index is 5.61. The van der Waals surface area contributed by atoms with Gasteiger partial charge in [0.05, 0.1) is 0 Å². The van der Waals surface area contributed by atoms with Crippen LogP contribution in [0.15, 0.2) is 11.4 Å². The van der Waals surface area contributed by atoms with Crippen LogP contribution in [-0.2, 0) is 9.31 Å². The second kappa shape index (κ2) is 4.93. The number of nitrogens with one attached hydrogen (secondary N) is 1. The summed E-state index contributed by atoms with van der Waals surface area (Å²) in [5, 5.41) is 5.34. The smallest absolute Gasteiger partial charge is 0.405 e. The Morgan fingerprint density at radius 3 is 2.64 bits per heavy atom. The van der Waals surface area contributed by atoms with Gasteiger partial charge in [0, 0.05) is 31.1 Å². The van der Waals surface area contributed by atoms with Gasteiger partial charge < -0.3 is 14.6 Å². The molecule has 76 valence electrons. The first kappa shape index (κ1) is 10.2. The van der Waals surface area contributed by atoms with Gasteiger partial charge in [0.25, 0.3) is 0 Å². The summed E-state index contributed by atoms with van der Waals surface area (Å²) in [5.41, 5.74) is 1.28. The maximum atomic E-state index is 5.61. The van der Waals surface area contributed by atoms with E-state index in [1.165, 1.54) is 10.3 Å². The molecule has 1 aromatic heterocycles. The topological polar surface area (TPSA) is 30.5 Å². The van der Waals surface area contributed by atoms with E-state index in [-0.39, 0.29) is 7.12 Å². The van der Waals surface area contributed by atoms with E-state index in [0.717, 1.165) is 13.1 Å². The second-order valence-electron chi connectivity index (χ2n) is 3.35. The highest BCUT2D eigenvalue weighted by Gasteiger charge is 2.23. The molecule has 14 heavy (non-hydrogen) atoms. The molecular formula is C9H14BNO2S. The van der Waals surface area contributed by atoms with Gasteiger partial charge in [-0.05, 0) is 23.9 Å². The van der Waals surface area contributed by atoms with E-state index in [4.69, 9.17) is 9.31 Å². The Bertz CT molecular complexity index is 284.